The molecule has 29 heavy (non-hydrogen) atoms. The highest BCUT2D eigenvalue weighted by Gasteiger charge is 2.46. The minimum Gasteiger partial charge on any atom is -0.399 e. The normalized spacial score (nSPS) is 15.2. The first-order valence-electron chi connectivity index (χ1n) is 10.1. The summed E-state index contributed by atoms with van der Waals surface area (Å²) in [4.78, 5) is 0. The largest absolute Gasteiger partial charge is 0.399 e. The van der Waals surface area contributed by atoms with Crippen molar-refractivity contribution in [3.63, 3.8) is 0 Å². The van der Waals surface area contributed by atoms with Crippen molar-refractivity contribution >= 4 is 5.69 Å². The second kappa shape index (κ2) is 7.38. The molecule has 1 aliphatic carbocycles. The minimum atomic E-state index is -0.392. The topological polar surface area (TPSA) is 52.0 Å². The molecule has 146 valence electrons. The van der Waals surface area contributed by atoms with Crippen molar-refractivity contribution in [3.8, 4) is 11.1 Å². The number of anilines is 1. The monoisotopic (exact) mass is 380 g/mol. The SMILES string of the molecule is C/C=C(\C=C(\C)CN)C1(c2ccc(N)c(C)c2)c2ccccc2-c2ccccc21. The molecule has 0 unspecified atom stereocenters. The van der Waals surface area contributed by atoms with Crippen molar-refractivity contribution in [1.29, 1.82) is 0 Å². The molecule has 2 heteroatoms. The van der Waals surface area contributed by atoms with Gasteiger partial charge in [0.15, 0.2) is 0 Å². The molecule has 0 fully saturated rings. The summed E-state index contributed by atoms with van der Waals surface area (Å²) < 4.78 is 0. The van der Waals surface area contributed by atoms with E-state index in [0.717, 1.165) is 16.8 Å². The van der Waals surface area contributed by atoms with E-state index in [9.17, 15) is 0 Å². The number of aryl methyl sites for hydroxylation is 1. The number of fused-ring (bicyclic) bond motifs is 3. The van der Waals surface area contributed by atoms with Crippen molar-refractivity contribution in [3.05, 3.63) is 112 Å². The van der Waals surface area contributed by atoms with Crippen molar-refractivity contribution in [2.75, 3.05) is 12.3 Å². The zero-order valence-corrected chi connectivity index (χ0v) is 17.4. The van der Waals surface area contributed by atoms with Crippen molar-refractivity contribution in [1.82, 2.24) is 0 Å². The van der Waals surface area contributed by atoms with E-state index < -0.39 is 5.41 Å². The summed E-state index contributed by atoms with van der Waals surface area (Å²) in [6, 6.07) is 23.9. The lowest BCUT2D eigenvalue weighted by atomic mass is 9.66. The van der Waals surface area contributed by atoms with Gasteiger partial charge in [-0.05, 0) is 65.8 Å². The first-order chi connectivity index (χ1) is 14.0. The van der Waals surface area contributed by atoms with Crippen LogP contribution in [0.25, 0.3) is 11.1 Å². The van der Waals surface area contributed by atoms with Gasteiger partial charge in [0.05, 0.1) is 5.41 Å². The molecular formula is C27H28N2. The molecule has 0 heterocycles. The molecule has 0 saturated carbocycles. The fraction of sp³-hybridized carbons (Fsp3) is 0.185. The predicted octanol–water partition coefficient (Wildman–Crippen LogP) is 5.74. The van der Waals surface area contributed by atoms with Crippen LogP contribution in [0.2, 0.25) is 0 Å². The number of benzene rings is 3. The Morgan fingerprint density at radius 2 is 1.52 bits per heavy atom. The number of hydrogen-bond donors (Lipinski definition) is 2. The molecule has 2 nitrogen and oxygen atoms in total. The third kappa shape index (κ3) is 2.83. The molecule has 3 aromatic carbocycles. The third-order valence-corrected chi connectivity index (χ3v) is 6.12. The molecule has 0 atom stereocenters. The van der Waals surface area contributed by atoms with Crippen LogP contribution < -0.4 is 11.5 Å². The molecule has 0 radical (unpaired) electrons. The molecule has 0 spiro atoms. The van der Waals surface area contributed by atoms with Gasteiger partial charge in [0.25, 0.3) is 0 Å². The maximum atomic E-state index is 6.19. The number of rotatable bonds is 4. The van der Waals surface area contributed by atoms with Crippen LogP contribution in [-0.2, 0) is 5.41 Å². The Balaban J connectivity index is 2.17. The summed E-state index contributed by atoms with van der Waals surface area (Å²) in [5, 5.41) is 0. The summed E-state index contributed by atoms with van der Waals surface area (Å²) in [7, 11) is 0. The highest BCUT2D eigenvalue weighted by molar-refractivity contribution is 5.86. The Morgan fingerprint density at radius 1 is 0.931 bits per heavy atom. The zero-order valence-electron chi connectivity index (χ0n) is 17.4. The summed E-state index contributed by atoms with van der Waals surface area (Å²) in [5.74, 6) is 0. The molecule has 0 aliphatic heterocycles. The average Bonchev–Trinajstić information content (AvgIpc) is 3.05. The Hall–Kier alpha value is -3.10. The molecule has 0 saturated heterocycles. The molecule has 3 aromatic rings. The highest BCUT2D eigenvalue weighted by Crippen LogP contribution is 2.56. The Kier molecular flexibility index (Phi) is 4.89. The lowest BCUT2D eigenvalue weighted by molar-refractivity contribution is 0.762. The highest BCUT2D eigenvalue weighted by atomic mass is 14.6. The van der Waals surface area contributed by atoms with E-state index in [2.05, 4.69) is 93.6 Å². The predicted molar refractivity (Wildman–Crippen MR) is 124 cm³/mol. The van der Waals surface area contributed by atoms with Crippen LogP contribution in [0.1, 0.15) is 36.1 Å². The molecular weight excluding hydrogens is 352 g/mol. The molecule has 4 rings (SSSR count). The average molecular weight is 381 g/mol. The summed E-state index contributed by atoms with van der Waals surface area (Å²) >= 11 is 0. The quantitative estimate of drug-likeness (QED) is 0.448. The Labute approximate surface area is 173 Å². The van der Waals surface area contributed by atoms with E-state index in [0.29, 0.717) is 6.54 Å². The van der Waals surface area contributed by atoms with Crippen LogP contribution in [-0.4, -0.2) is 6.54 Å². The molecule has 0 amide bonds. The van der Waals surface area contributed by atoms with Crippen LogP contribution in [0, 0.1) is 6.92 Å². The second-order valence-corrected chi connectivity index (χ2v) is 7.85. The third-order valence-electron chi connectivity index (χ3n) is 6.12. The first kappa shape index (κ1) is 19.2. The van der Waals surface area contributed by atoms with Gasteiger partial charge in [0.1, 0.15) is 0 Å². The van der Waals surface area contributed by atoms with Crippen molar-refractivity contribution < 1.29 is 0 Å². The van der Waals surface area contributed by atoms with Crippen LogP contribution in [0.5, 0.6) is 0 Å². The van der Waals surface area contributed by atoms with Gasteiger partial charge in [0.2, 0.25) is 0 Å². The fourth-order valence-electron chi connectivity index (χ4n) is 4.67. The molecule has 4 N–H and O–H groups in total. The van der Waals surface area contributed by atoms with E-state index in [1.165, 1.54) is 33.4 Å². The van der Waals surface area contributed by atoms with Gasteiger partial charge < -0.3 is 11.5 Å². The molecule has 0 bridgehead atoms. The summed E-state index contributed by atoms with van der Waals surface area (Å²) in [6.45, 7) is 6.83. The molecule has 0 aromatic heterocycles. The Morgan fingerprint density at radius 3 is 2.03 bits per heavy atom. The minimum absolute atomic E-state index is 0.392. The van der Waals surface area contributed by atoms with Crippen LogP contribution in [0.4, 0.5) is 5.69 Å². The van der Waals surface area contributed by atoms with E-state index in [1.807, 2.05) is 6.07 Å². The first-order valence-corrected chi connectivity index (χ1v) is 10.1. The lowest BCUT2D eigenvalue weighted by Gasteiger charge is -2.35. The van der Waals surface area contributed by atoms with Gasteiger partial charge in [-0.3, -0.25) is 0 Å². The van der Waals surface area contributed by atoms with Crippen LogP contribution in [0.3, 0.4) is 0 Å². The number of hydrogen-bond acceptors (Lipinski definition) is 2. The van der Waals surface area contributed by atoms with Crippen molar-refractivity contribution in [2.24, 2.45) is 5.73 Å². The van der Waals surface area contributed by atoms with Crippen LogP contribution >= 0.6 is 0 Å². The lowest BCUT2D eigenvalue weighted by Crippen LogP contribution is -2.29. The van der Waals surface area contributed by atoms with Gasteiger partial charge in [-0.2, -0.15) is 0 Å². The van der Waals surface area contributed by atoms with E-state index in [1.54, 1.807) is 0 Å². The summed E-state index contributed by atoms with van der Waals surface area (Å²) in [6.07, 6.45) is 4.48. The number of allylic oxidation sites excluding steroid dienone is 3. The Bertz CT molecular complexity index is 1090. The standard InChI is InChI=1S/C27H28N2/c1-4-20(15-18(2)17-28)27(21-13-14-26(29)19(3)16-21)24-11-7-5-9-22(24)23-10-6-8-12-25(23)27/h4-16H,17,28-29H2,1-3H3/b18-15-,20-4+. The maximum absolute atomic E-state index is 6.19. The van der Waals surface area contributed by atoms with Gasteiger partial charge in [-0.25, -0.2) is 0 Å². The van der Waals surface area contributed by atoms with Crippen molar-refractivity contribution in [2.45, 2.75) is 26.2 Å². The smallest absolute Gasteiger partial charge is 0.0710 e. The number of nitrogen functional groups attached to an aromatic ring is 1. The van der Waals surface area contributed by atoms with Gasteiger partial charge in [-0.1, -0.05) is 78.4 Å². The summed E-state index contributed by atoms with van der Waals surface area (Å²) in [5.41, 5.74) is 22.5. The van der Waals surface area contributed by atoms with E-state index in [4.69, 9.17) is 11.5 Å². The van der Waals surface area contributed by atoms with Gasteiger partial charge in [0, 0.05) is 12.2 Å². The zero-order chi connectivity index (χ0) is 20.6. The van der Waals surface area contributed by atoms with Gasteiger partial charge in [-0.15, -0.1) is 0 Å². The van der Waals surface area contributed by atoms with E-state index >= 15 is 0 Å². The van der Waals surface area contributed by atoms with Gasteiger partial charge >= 0.3 is 0 Å². The fourth-order valence-corrected chi connectivity index (χ4v) is 4.67. The van der Waals surface area contributed by atoms with Crippen LogP contribution in [0.15, 0.2) is 90.0 Å². The number of nitrogens with two attached hydrogens (primary N) is 2. The second-order valence-electron chi connectivity index (χ2n) is 7.85. The molecule has 1 aliphatic rings. The van der Waals surface area contributed by atoms with E-state index in [-0.39, 0.29) is 0 Å². The maximum Gasteiger partial charge on any atom is 0.0710 e.